The van der Waals surface area contributed by atoms with Crippen LogP contribution in [0.25, 0.3) is 0 Å². The monoisotopic (exact) mass is 378 g/mol. The molecular weight excluding hydrogens is 356 g/mol. The van der Waals surface area contributed by atoms with Crippen LogP contribution in [0.1, 0.15) is 36.0 Å². The zero-order valence-corrected chi connectivity index (χ0v) is 16.2. The van der Waals surface area contributed by atoms with Crippen molar-refractivity contribution >= 4 is 11.6 Å². The van der Waals surface area contributed by atoms with Gasteiger partial charge in [0, 0.05) is 17.5 Å². The first kappa shape index (κ1) is 17.7. The average Bonchev–Trinajstić information content (AvgIpc) is 3.60. The third-order valence-electron chi connectivity index (χ3n) is 6.09. The summed E-state index contributed by atoms with van der Waals surface area (Å²) in [6.07, 6.45) is 3.22. The largest absolute Gasteiger partial charge is 0.463 e. The van der Waals surface area contributed by atoms with Crippen LogP contribution in [0.3, 0.4) is 0 Å². The van der Waals surface area contributed by atoms with Crippen LogP contribution >= 0.6 is 0 Å². The summed E-state index contributed by atoms with van der Waals surface area (Å²) in [6, 6.07) is 31.3. The molecule has 5 rings (SSSR count). The first-order valence-corrected chi connectivity index (χ1v) is 10.1. The van der Waals surface area contributed by atoms with Crippen molar-refractivity contribution in [3.63, 3.8) is 0 Å². The highest BCUT2D eigenvalue weighted by molar-refractivity contribution is 5.84. The van der Waals surface area contributed by atoms with E-state index in [4.69, 9.17) is 9.73 Å². The minimum atomic E-state index is -0.812. The van der Waals surface area contributed by atoms with E-state index in [1.165, 1.54) is 5.56 Å². The lowest BCUT2D eigenvalue weighted by atomic mass is 9.72. The van der Waals surface area contributed by atoms with Crippen LogP contribution in [-0.2, 0) is 16.8 Å². The molecule has 3 heteroatoms. The van der Waals surface area contributed by atoms with Gasteiger partial charge < -0.3 is 4.74 Å². The average molecular weight is 378 g/mol. The molecule has 3 nitrogen and oxygen atoms in total. The number of aliphatic imine (C=N–C) groups is 1. The molecule has 1 saturated carbocycles. The van der Waals surface area contributed by atoms with Gasteiger partial charge in [-0.2, -0.15) is 5.26 Å². The van der Waals surface area contributed by atoms with Gasteiger partial charge in [-0.25, -0.2) is 4.99 Å². The Bertz CT molecular complexity index is 1090. The molecule has 0 aromatic heterocycles. The van der Waals surface area contributed by atoms with Gasteiger partial charge in [-0.05, 0) is 30.9 Å². The molecule has 1 atom stereocenters. The van der Waals surface area contributed by atoms with Gasteiger partial charge in [0.25, 0.3) is 0 Å². The van der Waals surface area contributed by atoms with Crippen molar-refractivity contribution < 1.29 is 4.74 Å². The third-order valence-corrected chi connectivity index (χ3v) is 6.09. The highest BCUT2D eigenvalue weighted by Crippen LogP contribution is 2.64. The van der Waals surface area contributed by atoms with Crippen LogP contribution in [-0.4, -0.2) is 5.90 Å². The second kappa shape index (κ2) is 6.90. The van der Waals surface area contributed by atoms with Crippen LogP contribution < -0.4 is 0 Å². The smallest absolute Gasteiger partial charge is 0.190 e. The maximum atomic E-state index is 10.2. The maximum Gasteiger partial charge on any atom is 0.190 e. The van der Waals surface area contributed by atoms with Crippen molar-refractivity contribution in [1.29, 1.82) is 5.26 Å². The second-order valence-corrected chi connectivity index (χ2v) is 7.85. The molecule has 1 aliphatic heterocycles. The molecule has 0 radical (unpaired) electrons. The normalized spacial score (nSPS) is 21.3. The Morgan fingerprint density at radius 1 is 0.828 bits per heavy atom. The molecule has 0 bridgehead atoms. The highest BCUT2D eigenvalue weighted by atomic mass is 16.5. The molecule has 2 aliphatic rings. The van der Waals surface area contributed by atoms with Crippen molar-refractivity contribution in [1.82, 2.24) is 0 Å². The lowest BCUT2D eigenvalue weighted by Gasteiger charge is -2.42. The van der Waals surface area contributed by atoms with E-state index in [9.17, 15) is 5.26 Å². The molecule has 0 N–H and O–H groups in total. The number of fused-ring (bicyclic) bond motifs is 1. The summed E-state index contributed by atoms with van der Waals surface area (Å²) in [5, 5.41) is 10.2. The molecule has 29 heavy (non-hydrogen) atoms. The molecule has 3 aromatic carbocycles. The van der Waals surface area contributed by atoms with Gasteiger partial charge in [0.15, 0.2) is 11.5 Å². The molecule has 1 fully saturated rings. The molecule has 3 aromatic rings. The van der Waals surface area contributed by atoms with E-state index in [1.54, 1.807) is 0 Å². The highest BCUT2D eigenvalue weighted by Gasteiger charge is 2.65. The lowest BCUT2D eigenvalue weighted by Crippen LogP contribution is -2.44. The summed E-state index contributed by atoms with van der Waals surface area (Å²) in [5.41, 5.74) is 2.81. The number of hydrogen-bond donors (Lipinski definition) is 0. The Balaban J connectivity index is 1.62. The predicted molar refractivity (Wildman–Crippen MR) is 114 cm³/mol. The first-order chi connectivity index (χ1) is 14.3. The van der Waals surface area contributed by atoms with Gasteiger partial charge in [-0.3, -0.25) is 0 Å². The van der Waals surface area contributed by atoms with E-state index >= 15 is 0 Å². The van der Waals surface area contributed by atoms with Crippen LogP contribution in [0.5, 0.6) is 0 Å². The number of nitrogens with zero attached hydrogens (tertiary/aromatic N) is 2. The summed E-state index contributed by atoms with van der Waals surface area (Å²) in [6.45, 7) is 0. The molecule has 1 heterocycles. The third kappa shape index (κ3) is 2.84. The Morgan fingerprint density at radius 3 is 2.17 bits per heavy atom. The second-order valence-electron chi connectivity index (χ2n) is 7.85. The number of para-hydroxylation sites is 1. The van der Waals surface area contributed by atoms with Crippen LogP contribution in [0, 0.1) is 16.7 Å². The number of ether oxygens (including phenoxy) is 1. The molecule has 0 amide bonds. The number of aryl methyl sites for hydroxylation is 1. The molecule has 1 aliphatic carbocycles. The number of nitriles is 1. The molecule has 0 saturated heterocycles. The Kier molecular flexibility index (Phi) is 4.21. The van der Waals surface area contributed by atoms with Gasteiger partial charge in [-0.1, -0.05) is 78.9 Å². The number of benzene rings is 3. The van der Waals surface area contributed by atoms with E-state index in [1.807, 2.05) is 42.5 Å². The van der Waals surface area contributed by atoms with Gasteiger partial charge in [-0.15, -0.1) is 0 Å². The minimum Gasteiger partial charge on any atom is -0.463 e. The predicted octanol–water partition coefficient (Wildman–Crippen LogP) is 5.93. The molecule has 0 spiro atoms. The number of rotatable bonds is 5. The van der Waals surface area contributed by atoms with Gasteiger partial charge in [0.1, 0.15) is 5.41 Å². The summed E-state index contributed by atoms with van der Waals surface area (Å²) < 4.78 is 6.75. The summed E-state index contributed by atoms with van der Waals surface area (Å²) >= 11 is 0. The van der Waals surface area contributed by atoms with Crippen LogP contribution in [0.15, 0.2) is 89.9 Å². The standard InChI is InChI=1S/C26H22N2O/c27-19-25(17-18-25)26(21-11-5-2-6-12-21)22-13-7-8-14-23(22)28-24(29-26)16-15-20-9-3-1-4-10-20/h1-14H,15-18H2. The quantitative estimate of drug-likeness (QED) is 0.552. The van der Waals surface area contributed by atoms with Crippen molar-refractivity contribution in [3.05, 3.63) is 102 Å². The van der Waals surface area contributed by atoms with Crippen molar-refractivity contribution in [2.45, 2.75) is 31.3 Å². The first-order valence-electron chi connectivity index (χ1n) is 10.1. The fraction of sp³-hybridized carbons (Fsp3) is 0.231. The molecule has 142 valence electrons. The van der Waals surface area contributed by atoms with Gasteiger partial charge in [0.2, 0.25) is 0 Å². The van der Waals surface area contributed by atoms with Crippen molar-refractivity contribution in [3.8, 4) is 6.07 Å². The minimum absolute atomic E-state index is 0.557. The summed E-state index contributed by atoms with van der Waals surface area (Å²) in [4.78, 5) is 4.84. The van der Waals surface area contributed by atoms with E-state index in [0.717, 1.165) is 36.1 Å². The fourth-order valence-corrected chi connectivity index (χ4v) is 4.45. The van der Waals surface area contributed by atoms with E-state index in [0.29, 0.717) is 12.3 Å². The van der Waals surface area contributed by atoms with E-state index in [2.05, 4.69) is 48.5 Å². The van der Waals surface area contributed by atoms with E-state index in [-0.39, 0.29) is 0 Å². The van der Waals surface area contributed by atoms with Crippen LogP contribution in [0.2, 0.25) is 0 Å². The lowest BCUT2D eigenvalue weighted by molar-refractivity contribution is 0.0353. The van der Waals surface area contributed by atoms with Gasteiger partial charge in [0.05, 0.1) is 11.8 Å². The van der Waals surface area contributed by atoms with Crippen LogP contribution in [0.4, 0.5) is 5.69 Å². The Labute approximate surface area is 171 Å². The fourth-order valence-electron chi connectivity index (χ4n) is 4.45. The number of hydrogen-bond acceptors (Lipinski definition) is 3. The summed E-state index contributed by atoms with van der Waals surface area (Å²) in [5.74, 6) is 0.706. The van der Waals surface area contributed by atoms with Gasteiger partial charge >= 0.3 is 0 Å². The summed E-state index contributed by atoms with van der Waals surface area (Å²) in [7, 11) is 0. The van der Waals surface area contributed by atoms with Crippen molar-refractivity contribution in [2.75, 3.05) is 0 Å². The zero-order valence-electron chi connectivity index (χ0n) is 16.2. The topological polar surface area (TPSA) is 45.4 Å². The Morgan fingerprint density at radius 2 is 1.48 bits per heavy atom. The SMILES string of the molecule is N#CC1(C2(c3ccccc3)OC(CCc3ccccc3)=Nc3ccccc32)CC1. The van der Waals surface area contributed by atoms with Crippen molar-refractivity contribution in [2.24, 2.45) is 10.4 Å². The Hall–Kier alpha value is -3.38. The maximum absolute atomic E-state index is 10.2. The molecule has 1 unspecified atom stereocenters. The zero-order chi connectivity index (χ0) is 19.7. The molecular formula is C26H22N2O. The van der Waals surface area contributed by atoms with E-state index < -0.39 is 11.0 Å².